The molecule has 3 heterocycles. The van der Waals surface area contributed by atoms with Gasteiger partial charge in [0, 0.05) is 11.8 Å². The minimum absolute atomic E-state index is 0.0832. The van der Waals surface area contributed by atoms with Crippen molar-refractivity contribution in [3.63, 3.8) is 0 Å². The van der Waals surface area contributed by atoms with E-state index in [-0.39, 0.29) is 6.04 Å². The second-order valence-corrected chi connectivity index (χ2v) is 8.48. The largest absolute Gasteiger partial charge is 0.348 e. The third-order valence-corrected chi connectivity index (χ3v) is 6.10. The molecule has 6 rings (SSSR count). The summed E-state index contributed by atoms with van der Waals surface area (Å²) in [5.41, 5.74) is 7.52. The average Bonchev–Trinajstić information content (AvgIpc) is 3.32. The van der Waals surface area contributed by atoms with Gasteiger partial charge in [-0.25, -0.2) is 19.9 Å². The van der Waals surface area contributed by atoms with E-state index in [1.165, 1.54) is 5.56 Å². The molecule has 0 spiro atoms. The smallest absolute Gasteiger partial charge is 0.225 e. The number of imidazole rings is 1. The minimum Gasteiger partial charge on any atom is -0.348 e. The lowest BCUT2D eigenvalue weighted by Crippen LogP contribution is -2.10. The molecule has 0 aliphatic heterocycles. The van der Waals surface area contributed by atoms with Crippen LogP contribution in [0.1, 0.15) is 24.2 Å². The first-order chi connectivity index (χ1) is 17.2. The highest BCUT2D eigenvalue weighted by atomic mass is 15.2. The van der Waals surface area contributed by atoms with Crippen LogP contribution < -0.4 is 5.32 Å². The zero-order valence-corrected chi connectivity index (χ0v) is 19.4. The molecule has 7 heteroatoms. The van der Waals surface area contributed by atoms with E-state index in [0.29, 0.717) is 5.95 Å². The highest BCUT2D eigenvalue weighted by Crippen LogP contribution is 2.27. The van der Waals surface area contributed by atoms with E-state index in [1.54, 1.807) is 12.5 Å². The molecule has 0 saturated heterocycles. The molecule has 7 nitrogen and oxygen atoms in total. The molecule has 0 fully saturated rings. The second-order valence-electron chi connectivity index (χ2n) is 8.48. The van der Waals surface area contributed by atoms with Gasteiger partial charge in [0.25, 0.3) is 0 Å². The lowest BCUT2D eigenvalue weighted by atomic mass is 10.1. The van der Waals surface area contributed by atoms with Crippen LogP contribution in [0.3, 0.4) is 0 Å². The van der Waals surface area contributed by atoms with Crippen LogP contribution in [-0.2, 0) is 0 Å². The lowest BCUT2D eigenvalue weighted by Gasteiger charge is -2.14. The van der Waals surface area contributed by atoms with Crippen molar-refractivity contribution in [2.75, 3.05) is 5.32 Å². The molecule has 1 unspecified atom stereocenters. The molecule has 1 atom stereocenters. The molecule has 0 bridgehead atoms. The Bertz CT molecular complexity index is 1660. The molecule has 170 valence electrons. The summed E-state index contributed by atoms with van der Waals surface area (Å²) >= 11 is 0. The lowest BCUT2D eigenvalue weighted by molar-refractivity contribution is 0.854. The zero-order valence-electron chi connectivity index (χ0n) is 19.4. The van der Waals surface area contributed by atoms with E-state index in [1.807, 2.05) is 60.0 Å². The summed E-state index contributed by atoms with van der Waals surface area (Å²) in [6.07, 6.45) is 3.55. The van der Waals surface area contributed by atoms with Crippen LogP contribution in [0.15, 0.2) is 91.4 Å². The predicted molar refractivity (Wildman–Crippen MR) is 138 cm³/mol. The molecule has 1 N–H and O–H groups in total. The van der Waals surface area contributed by atoms with Gasteiger partial charge < -0.3 is 5.32 Å². The van der Waals surface area contributed by atoms with Gasteiger partial charge in [0.1, 0.15) is 12.1 Å². The van der Waals surface area contributed by atoms with E-state index in [4.69, 9.17) is 15.0 Å². The van der Waals surface area contributed by atoms with Crippen molar-refractivity contribution < 1.29 is 0 Å². The fraction of sp³-hybridized carbons (Fsp3) is 0.107. The maximum absolute atomic E-state index is 4.85. The fourth-order valence-electron chi connectivity index (χ4n) is 4.28. The zero-order chi connectivity index (χ0) is 23.8. The Hall–Kier alpha value is -4.65. The van der Waals surface area contributed by atoms with E-state index in [0.717, 1.165) is 44.8 Å². The summed E-state index contributed by atoms with van der Waals surface area (Å²) in [4.78, 5) is 23.4. The van der Waals surface area contributed by atoms with Crippen LogP contribution in [-0.4, -0.2) is 29.5 Å². The maximum atomic E-state index is 4.85. The fourth-order valence-corrected chi connectivity index (χ4v) is 4.28. The normalized spacial score (nSPS) is 12.2. The Labute approximate surface area is 202 Å². The van der Waals surface area contributed by atoms with Crippen molar-refractivity contribution in [3.8, 4) is 17.1 Å². The van der Waals surface area contributed by atoms with E-state index in [2.05, 4.69) is 52.5 Å². The van der Waals surface area contributed by atoms with Gasteiger partial charge in [-0.3, -0.25) is 4.57 Å². The number of nitrogens with one attached hydrogen (secondary N) is 1. The topological polar surface area (TPSA) is 81.4 Å². The first-order valence-corrected chi connectivity index (χ1v) is 11.5. The molecular formula is C28H23N7. The maximum Gasteiger partial charge on any atom is 0.225 e. The summed E-state index contributed by atoms with van der Waals surface area (Å²) in [5.74, 6) is 1.32. The van der Waals surface area contributed by atoms with E-state index in [9.17, 15) is 0 Å². The van der Waals surface area contributed by atoms with Gasteiger partial charge in [0.05, 0.1) is 39.5 Å². The third-order valence-electron chi connectivity index (χ3n) is 6.10. The second kappa shape index (κ2) is 8.61. The van der Waals surface area contributed by atoms with Gasteiger partial charge in [0.2, 0.25) is 5.95 Å². The van der Waals surface area contributed by atoms with Crippen molar-refractivity contribution in [3.05, 3.63) is 103 Å². The highest BCUT2D eigenvalue weighted by molar-refractivity contribution is 5.85. The quantitative estimate of drug-likeness (QED) is 0.347. The molecule has 3 aromatic heterocycles. The van der Waals surface area contributed by atoms with Crippen molar-refractivity contribution in [2.45, 2.75) is 19.9 Å². The van der Waals surface area contributed by atoms with Gasteiger partial charge in [-0.1, -0.05) is 48.5 Å². The average molecular weight is 458 g/mol. The van der Waals surface area contributed by atoms with Gasteiger partial charge in [0.15, 0.2) is 0 Å². The Balaban J connectivity index is 1.33. The molecule has 0 aliphatic carbocycles. The summed E-state index contributed by atoms with van der Waals surface area (Å²) in [7, 11) is 0. The number of nitrogens with zero attached hydrogens (tertiary/aromatic N) is 6. The summed E-state index contributed by atoms with van der Waals surface area (Å²) in [6, 6.07) is 26.3. The number of aromatic nitrogens is 6. The van der Waals surface area contributed by atoms with Crippen molar-refractivity contribution in [1.82, 2.24) is 29.5 Å². The predicted octanol–water partition coefficient (Wildman–Crippen LogP) is 5.91. The highest BCUT2D eigenvalue weighted by Gasteiger charge is 2.13. The van der Waals surface area contributed by atoms with E-state index < -0.39 is 0 Å². The Kier molecular flexibility index (Phi) is 5.15. The monoisotopic (exact) mass is 457 g/mol. The minimum atomic E-state index is 0.0832. The van der Waals surface area contributed by atoms with Crippen LogP contribution in [0, 0.1) is 6.92 Å². The number of para-hydroxylation sites is 2. The van der Waals surface area contributed by atoms with Crippen molar-refractivity contribution in [1.29, 1.82) is 0 Å². The molecule has 0 saturated carbocycles. The summed E-state index contributed by atoms with van der Waals surface area (Å²) < 4.78 is 1.97. The SMILES string of the molecule is Cc1nc2ccccc2nc1-c1ccc2c(c1)ncn2-c1ccnc(NC(C)c2ccccc2)n1. The molecule has 0 amide bonds. The van der Waals surface area contributed by atoms with Crippen LogP contribution >= 0.6 is 0 Å². The first-order valence-electron chi connectivity index (χ1n) is 11.5. The standard InChI is InChI=1S/C28H23N7/c1-18(20-8-4-3-5-9-20)32-28-29-15-14-26(34-28)35-17-30-24-16-21(12-13-25(24)35)27-19(2)31-22-10-6-7-11-23(22)33-27/h3-18H,1-2H3,(H,29,32,34). The van der Waals surface area contributed by atoms with Gasteiger partial charge in [-0.2, -0.15) is 4.98 Å². The molecule has 0 aliphatic rings. The van der Waals surface area contributed by atoms with Crippen LogP contribution in [0.5, 0.6) is 0 Å². The van der Waals surface area contributed by atoms with Crippen molar-refractivity contribution in [2.24, 2.45) is 0 Å². The summed E-state index contributed by atoms with van der Waals surface area (Å²) in [6.45, 7) is 4.08. The van der Waals surface area contributed by atoms with Gasteiger partial charge >= 0.3 is 0 Å². The number of benzene rings is 3. The Morgan fingerprint density at radius 1 is 0.771 bits per heavy atom. The molecule has 3 aromatic carbocycles. The van der Waals surface area contributed by atoms with Gasteiger partial charge in [-0.05, 0) is 49.7 Å². The Morgan fingerprint density at radius 2 is 1.54 bits per heavy atom. The number of rotatable bonds is 5. The number of hydrogen-bond acceptors (Lipinski definition) is 6. The molecule has 0 radical (unpaired) electrons. The summed E-state index contributed by atoms with van der Waals surface area (Å²) in [5, 5.41) is 3.39. The van der Waals surface area contributed by atoms with E-state index >= 15 is 0 Å². The number of fused-ring (bicyclic) bond motifs is 2. The number of aryl methyl sites for hydroxylation is 1. The first kappa shape index (κ1) is 20.9. The van der Waals surface area contributed by atoms with Gasteiger partial charge in [-0.15, -0.1) is 0 Å². The Morgan fingerprint density at radius 3 is 2.37 bits per heavy atom. The van der Waals surface area contributed by atoms with Crippen LogP contribution in [0.2, 0.25) is 0 Å². The molecule has 35 heavy (non-hydrogen) atoms. The third kappa shape index (κ3) is 3.97. The molecule has 6 aromatic rings. The molecular weight excluding hydrogens is 434 g/mol. The van der Waals surface area contributed by atoms with Crippen LogP contribution in [0.4, 0.5) is 5.95 Å². The number of anilines is 1. The number of hydrogen-bond donors (Lipinski definition) is 1. The van der Waals surface area contributed by atoms with Crippen LogP contribution in [0.25, 0.3) is 39.1 Å². The van der Waals surface area contributed by atoms with Crippen molar-refractivity contribution >= 4 is 28.0 Å².